The molecule has 0 aliphatic heterocycles. The van der Waals surface area contributed by atoms with Gasteiger partial charge in [0, 0.05) is 17.8 Å². The summed E-state index contributed by atoms with van der Waals surface area (Å²) in [7, 11) is 1.57. The molecule has 2 aromatic rings. The molecule has 0 aliphatic carbocycles. The zero-order chi connectivity index (χ0) is 22.6. The standard InChI is InChI=1S/C22H24ClNO6/c1-22(2,3)30-21(29)24(4)14-10-8-13(18(23)12-14)9-11-15-16(19(25)26)6-5-7-17(15)20(27)28/h5-8,10,12H,9,11H2,1-4H3,(H,25,26)(H,27,28). The number of hydrogen-bond acceptors (Lipinski definition) is 4. The fraction of sp³-hybridized carbons (Fsp3) is 0.318. The summed E-state index contributed by atoms with van der Waals surface area (Å²) in [5.74, 6) is -2.37. The van der Waals surface area contributed by atoms with Crippen LogP contribution in [0, 0.1) is 0 Å². The smallest absolute Gasteiger partial charge is 0.414 e. The third-order valence-corrected chi connectivity index (χ3v) is 4.72. The summed E-state index contributed by atoms with van der Waals surface area (Å²) in [6.07, 6.45) is -0.00179. The van der Waals surface area contributed by atoms with Crippen LogP contribution in [0.2, 0.25) is 5.02 Å². The fourth-order valence-electron chi connectivity index (χ4n) is 2.90. The molecule has 0 unspecified atom stereocenters. The summed E-state index contributed by atoms with van der Waals surface area (Å²) in [6, 6.07) is 9.20. The second-order valence-corrected chi connectivity index (χ2v) is 8.16. The fourth-order valence-corrected chi connectivity index (χ4v) is 3.17. The molecule has 2 N–H and O–H groups in total. The van der Waals surface area contributed by atoms with Crippen molar-refractivity contribution in [1.29, 1.82) is 0 Å². The monoisotopic (exact) mass is 433 g/mol. The molecule has 0 radical (unpaired) electrons. The molecule has 7 nitrogen and oxygen atoms in total. The van der Waals surface area contributed by atoms with Gasteiger partial charge in [-0.2, -0.15) is 0 Å². The molecule has 0 atom stereocenters. The highest BCUT2D eigenvalue weighted by Gasteiger charge is 2.22. The molecule has 0 spiro atoms. The predicted molar refractivity (Wildman–Crippen MR) is 114 cm³/mol. The Balaban J connectivity index is 2.23. The van der Waals surface area contributed by atoms with E-state index in [1.54, 1.807) is 46.0 Å². The Kier molecular flexibility index (Phi) is 7.10. The molecule has 2 rings (SSSR count). The van der Waals surface area contributed by atoms with Crippen molar-refractivity contribution in [2.24, 2.45) is 0 Å². The minimum atomic E-state index is -1.19. The molecular weight excluding hydrogens is 410 g/mol. The van der Waals surface area contributed by atoms with Crippen molar-refractivity contribution in [3.8, 4) is 0 Å². The molecule has 1 amide bonds. The van der Waals surface area contributed by atoms with Gasteiger partial charge in [-0.15, -0.1) is 0 Å². The number of carboxylic acid groups (broad SMARTS) is 2. The number of carbonyl (C=O) groups is 3. The van der Waals surface area contributed by atoms with Crippen LogP contribution in [-0.2, 0) is 17.6 Å². The molecule has 8 heteroatoms. The molecule has 0 aliphatic rings. The number of carboxylic acids is 2. The van der Waals surface area contributed by atoms with E-state index in [9.17, 15) is 24.6 Å². The number of aromatic carboxylic acids is 2. The topological polar surface area (TPSA) is 104 Å². The quantitative estimate of drug-likeness (QED) is 0.671. The van der Waals surface area contributed by atoms with Crippen LogP contribution in [0.15, 0.2) is 36.4 Å². The van der Waals surface area contributed by atoms with Gasteiger partial charge < -0.3 is 14.9 Å². The van der Waals surface area contributed by atoms with E-state index in [-0.39, 0.29) is 23.1 Å². The molecule has 30 heavy (non-hydrogen) atoms. The Morgan fingerprint density at radius 3 is 2.03 bits per heavy atom. The van der Waals surface area contributed by atoms with Crippen molar-refractivity contribution in [2.75, 3.05) is 11.9 Å². The van der Waals surface area contributed by atoms with Gasteiger partial charge in [-0.05, 0) is 69.0 Å². The summed E-state index contributed by atoms with van der Waals surface area (Å²) in [4.78, 5) is 36.5. The van der Waals surface area contributed by atoms with Gasteiger partial charge in [0.05, 0.1) is 11.1 Å². The Labute approximate surface area is 179 Å². The Morgan fingerprint density at radius 1 is 1.00 bits per heavy atom. The summed E-state index contributed by atoms with van der Waals surface area (Å²) in [5.41, 5.74) is 0.752. The van der Waals surface area contributed by atoms with Gasteiger partial charge in [0.1, 0.15) is 5.60 Å². The zero-order valence-electron chi connectivity index (χ0n) is 17.2. The minimum Gasteiger partial charge on any atom is -0.478 e. The minimum absolute atomic E-state index is 0.0488. The van der Waals surface area contributed by atoms with Crippen LogP contribution >= 0.6 is 11.6 Å². The van der Waals surface area contributed by atoms with Crippen molar-refractivity contribution < 1.29 is 29.3 Å². The van der Waals surface area contributed by atoms with E-state index >= 15 is 0 Å². The third kappa shape index (κ3) is 5.73. The average Bonchev–Trinajstić information content (AvgIpc) is 2.64. The lowest BCUT2D eigenvalue weighted by Gasteiger charge is -2.25. The average molecular weight is 434 g/mol. The van der Waals surface area contributed by atoms with Crippen molar-refractivity contribution in [3.05, 3.63) is 63.7 Å². The number of anilines is 1. The van der Waals surface area contributed by atoms with Crippen LogP contribution < -0.4 is 4.90 Å². The Bertz CT molecular complexity index is 948. The van der Waals surface area contributed by atoms with Crippen molar-refractivity contribution in [1.82, 2.24) is 0 Å². The molecule has 0 saturated heterocycles. The number of carbonyl (C=O) groups excluding carboxylic acids is 1. The molecule has 0 fully saturated rings. The van der Waals surface area contributed by atoms with Gasteiger partial charge in [-0.1, -0.05) is 23.7 Å². The third-order valence-electron chi connectivity index (χ3n) is 4.37. The lowest BCUT2D eigenvalue weighted by atomic mass is 9.95. The summed E-state index contributed by atoms with van der Waals surface area (Å²) in [5, 5.41) is 19.2. The summed E-state index contributed by atoms with van der Waals surface area (Å²) in [6.45, 7) is 5.32. The van der Waals surface area contributed by atoms with E-state index in [4.69, 9.17) is 16.3 Å². The number of halogens is 1. The molecular formula is C22H24ClNO6. The van der Waals surface area contributed by atoms with Gasteiger partial charge in [0.2, 0.25) is 0 Å². The number of aryl methyl sites for hydroxylation is 1. The number of benzene rings is 2. The van der Waals surface area contributed by atoms with Gasteiger partial charge in [0.25, 0.3) is 0 Å². The lowest BCUT2D eigenvalue weighted by molar-refractivity contribution is 0.0587. The SMILES string of the molecule is CN(C(=O)OC(C)(C)C)c1ccc(CCc2c(C(=O)O)cccc2C(=O)O)c(Cl)c1. The van der Waals surface area contributed by atoms with Gasteiger partial charge in [0.15, 0.2) is 0 Å². The second-order valence-electron chi connectivity index (χ2n) is 7.76. The van der Waals surface area contributed by atoms with Crippen LogP contribution in [0.1, 0.15) is 52.6 Å². The van der Waals surface area contributed by atoms with Crippen LogP contribution in [0.4, 0.5) is 10.5 Å². The van der Waals surface area contributed by atoms with E-state index in [1.165, 1.54) is 23.1 Å². The number of rotatable bonds is 6. The molecule has 0 heterocycles. The largest absolute Gasteiger partial charge is 0.478 e. The van der Waals surface area contributed by atoms with Gasteiger partial charge in [-0.25, -0.2) is 14.4 Å². The highest BCUT2D eigenvalue weighted by Crippen LogP contribution is 2.27. The molecule has 0 bridgehead atoms. The first-order valence-electron chi connectivity index (χ1n) is 9.24. The summed E-state index contributed by atoms with van der Waals surface area (Å²) < 4.78 is 5.33. The highest BCUT2D eigenvalue weighted by atomic mass is 35.5. The van der Waals surface area contributed by atoms with Crippen LogP contribution in [-0.4, -0.2) is 40.9 Å². The van der Waals surface area contributed by atoms with Crippen molar-refractivity contribution in [2.45, 2.75) is 39.2 Å². The van der Waals surface area contributed by atoms with Crippen LogP contribution in [0.25, 0.3) is 0 Å². The van der Waals surface area contributed by atoms with E-state index in [0.717, 1.165) is 0 Å². The van der Waals surface area contributed by atoms with E-state index in [1.807, 2.05) is 0 Å². The first kappa shape index (κ1) is 23.2. The second kappa shape index (κ2) is 9.17. The van der Waals surface area contributed by atoms with Crippen molar-refractivity contribution in [3.63, 3.8) is 0 Å². The van der Waals surface area contributed by atoms with E-state index in [0.29, 0.717) is 22.7 Å². The van der Waals surface area contributed by atoms with Crippen LogP contribution in [0.5, 0.6) is 0 Å². The highest BCUT2D eigenvalue weighted by molar-refractivity contribution is 6.31. The Hall–Kier alpha value is -3.06. The van der Waals surface area contributed by atoms with Crippen LogP contribution in [0.3, 0.4) is 0 Å². The number of ether oxygens (including phenoxy) is 1. The van der Waals surface area contributed by atoms with Gasteiger partial charge in [-0.3, -0.25) is 4.90 Å². The number of amides is 1. The van der Waals surface area contributed by atoms with Crippen molar-refractivity contribution >= 4 is 35.3 Å². The van der Waals surface area contributed by atoms with E-state index < -0.39 is 23.6 Å². The normalized spacial score (nSPS) is 11.1. The maximum absolute atomic E-state index is 12.2. The molecule has 0 saturated carbocycles. The first-order chi connectivity index (χ1) is 13.9. The summed E-state index contributed by atoms with van der Waals surface area (Å²) >= 11 is 6.37. The number of hydrogen-bond donors (Lipinski definition) is 2. The zero-order valence-corrected chi connectivity index (χ0v) is 18.0. The Morgan fingerprint density at radius 2 is 1.57 bits per heavy atom. The molecule has 0 aromatic heterocycles. The lowest BCUT2D eigenvalue weighted by Crippen LogP contribution is -2.34. The van der Waals surface area contributed by atoms with E-state index in [2.05, 4.69) is 0 Å². The molecule has 2 aromatic carbocycles. The molecule has 160 valence electrons. The predicted octanol–water partition coefficient (Wildman–Crippen LogP) is 4.89. The maximum atomic E-state index is 12.2. The first-order valence-corrected chi connectivity index (χ1v) is 9.62. The number of nitrogens with zero attached hydrogens (tertiary/aromatic N) is 1. The maximum Gasteiger partial charge on any atom is 0.414 e. The van der Waals surface area contributed by atoms with Gasteiger partial charge >= 0.3 is 18.0 Å².